The van der Waals surface area contributed by atoms with Gasteiger partial charge < -0.3 is 9.64 Å². The van der Waals surface area contributed by atoms with Crippen molar-refractivity contribution < 1.29 is 4.74 Å². The molecule has 0 N–H and O–H groups in total. The minimum atomic E-state index is -0.244. The Morgan fingerprint density at radius 2 is 1.76 bits per heavy atom. The number of fused-ring (bicyclic) bond motifs is 3. The van der Waals surface area contributed by atoms with Crippen LogP contribution in [-0.2, 0) is 0 Å². The zero-order valence-corrected chi connectivity index (χ0v) is 18.0. The summed E-state index contributed by atoms with van der Waals surface area (Å²) in [6.07, 6.45) is 0.620. The largest absolute Gasteiger partial charge is 0.464 e. The second-order valence-electron chi connectivity index (χ2n) is 7.65. The van der Waals surface area contributed by atoms with Crippen molar-refractivity contribution in [1.29, 1.82) is 0 Å². The summed E-state index contributed by atoms with van der Waals surface area (Å²) in [6.45, 7) is 0. The monoisotopic (exact) mass is 447 g/mol. The lowest BCUT2D eigenvalue weighted by Crippen LogP contribution is -2.33. The van der Waals surface area contributed by atoms with Gasteiger partial charge in [0.15, 0.2) is 0 Å². The molecular weight excluding hydrogens is 426 g/mol. The van der Waals surface area contributed by atoms with Crippen LogP contribution in [0.25, 0.3) is 0 Å². The van der Waals surface area contributed by atoms with Crippen molar-refractivity contribution in [3.8, 4) is 5.75 Å². The van der Waals surface area contributed by atoms with Crippen LogP contribution in [0.15, 0.2) is 82.4 Å². The predicted molar refractivity (Wildman–Crippen MR) is 120 cm³/mol. The predicted octanol–water partition coefficient (Wildman–Crippen LogP) is 5.76. The van der Waals surface area contributed by atoms with Gasteiger partial charge in [0, 0.05) is 41.8 Å². The normalized spacial score (nSPS) is 19.8. The number of hydrazone groups is 1. The fourth-order valence-electron chi connectivity index (χ4n) is 4.02. The molecule has 3 aromatic rings. The van der Waals surface area contributed by atoms with Gasteiger partial charge in [-0.15, -0.1) is 0 Å². The van der Waals surface area contributed by atoms with E-state index >= 15 is 0 Å². The van der Waals surface area contributed by atoms with E-state index < -0.39 is 0 Å². The maximum Gasteiger partial charge on any atom is 0.213 e. The van der Waals surface area contributed by atoms with Crippen LogP contribution in [0.5, 0.6) is 5.75 Å². The number of rotatable bonds is 3. The minimum Gasteiger partial charge on any atom is -0.464 e. The lowest BCUT2D eigenvalue weighted by molar-refractivity contribution is -0.0190. The summed E-state index contributed by atoms with van der Waals surface area (Å²) in [7, 11) is 4.10. The van der Waals surface area contributed by atoms with E-state index in [2.05, 4.69) is 86.5 Å². The zero-order chi connectivity index (χ0) is 20.0. The van der Waals surface area contributed by atoms with Crippen LogP contribution in [-0.4, -0.2) is 24.8 Å². The first kappa shape index (κ1) is 18.3. The van der Waals surface area contributed by atoms with Gasteiger partial charge >= 0.3 is 0 Å². The summed E-state index contributed by atoms with van der Waals surface area (Å²) in [6, 6.07) is 25.3. The molecule has 0 saturated carbocycles. The van der Waals surface area contributed by atoms with Gasteiger partial charge in [0.05, 0.1) is 11.8 Å². The van der Waals surface area contributed by atoms with E-state index in [0.29, 0.717) is 0 Å². The third-order valence-corrected chi connectivity index (χ3v) is 6.05. The first-order valence-corrected chi connectivity index (χ1v) is 10.5. The van der Waals surface area contributed by atoms with Crippen molar-refractivity contribution in [2.24, 2.45) is 5.10 Å². The summed E-state index contributed by atoms with van der Waals surface area (Å²) >= 11 is 3.61. The Bertz CT molecular complexity index is 1060. The Kier molecular flexibility index (Phi) is 4.55. The highest BCUT2D eigenvalue weighted by Gasteiger charge is 2.41. The summed E-state index contributed by atoms with van der Waals surface area (Å²) in [5, 5.41) is 7.15. The van der Waals surface area contributed by atoms with Gasteiger partial charge in [0.2, 0.25) is 6.23 Å². The maximum absolute atomic E-state index is 6.46. The quantitative estimate of drug-likeness (QED) is 0.510. The van der Waals surface area contributed by atoms with Gasteiger partial charge in [0.25, 0.3) is 0 Å². The highest BCUT2D eigenvalue weighted by Crippen LogP contribution is 2.48. The fraction of sp³-hybridized carbons (Fsp3) is 0.208. The molecule has 3 aromatic carbocycles. The lowest BCUT2D eigenvalue weighted by atomic mass is 9.96. The molecule has 0 radical (unpaired) electrons. The summed E-state index contributed by atoms with van der Waals surface area (Å²) < 4.78 is 7.51. The van der Waals surface area contributed by atoms with E-state index in [-0.39, 0.29) is 12.3 Å². The first-order valence-electron chi connectivity index (χ1n) is 9.75. The molecule has 2 aliphatic rings. The number of benzene rings is 3. The average Bonchev–Trinajstić information content (AvgIpc) is 3.20. The number of ether oxygens (including phenoxy) is 1. The molecule has 0 fully saturated rings. The minimum absolute atomic E-state index is 0.157. The van der Waals surface area contributed by atoms with E-state index in [1.807, 2.05) is 26.2 Å². The SMILES string of the molecule is CN(C)c1ccc([C@H]2Oc3ccc(Br)cc3[C@H]3CC(c4ccccc4)=NN32)cc1. The number of nitrogens with zero attached hydrogens (tertiary/aromatic N) is 3. The summed E-state index contributed by atoms with van der Waals surface area (Å²) in [5.74, 6) is 0.931. The molecule has 5 heteroatoms. The van der Waals surface area contributed by atoms with Crippen molar-refractivity contribution in [3.63, 3.8) is 0 Å². The average molecular weight is 448 g/mol. The van der Waals surface area contributed by atoms with Crippen LogP contribution < -0.4 is 9.64 Å². The van der Waals surface area contributed by atoms with Crippen molar-refractivity contribution in [2.75, 3.05) is 19.0 Å². The molecule has 0 aromatic heterocycles. The zero-order valence-electron chi connectivity index (χ0n) is 16.4. The molecule has 0 bridgehead atoms. The standard InChI is InChI=1S/C24H22BrN3O/c1-27(2)19-11-8-17(9-12-19)24-28-22(20-14-18(25)10-13-23(20)29-24)15-21(26-28)16-6-4-3-5-7-16/h3-14,22,24H,15H2,1-2H3/t22-,24-/m1/s1. The Hall–Kier alpha value is -2.79. The smallest absolute Gasteiger partial charge is 0.213 e. The van der Waals surface area contributed by atoms with Crippen LogP contribution in [0.4, 0.5) is 5.69 Å². The lowest BCUT2D eigenvalue weighted by Gasteiger charge is -2.38. The number of anilines is 1. The van der Waals surface area contributed by atoms with Gasteiger partial charge in [-0.3, -0.25) is 0 Å². The van der Waals surface area contributed by atoms with E-state index in [4.69, 9.17) is 9.84 Å². The van der Waals surface area contributed by atoms with E-state index in [1.165, 1.54) is 16.8 Å². The molecular formula is C24H22BrN3O. The molecule has 2 heterocycles. The van der Waals surface area contributed by atoms with Crippen LogP contribution in [0.2, 0.25) is 0 Å². The van der Waals surface area contributed by atoms with E-state index in [0.717, 1.165) is 27.9 Å². The Morgan fingerprint density at radius 1 is 1.00 bits per heavy atom. The number of hydrogen-bond donors (Lipinski definition) is 0. The van der Waals surface area contributed by atoms with Gasteiger partial charge in [-0.25, -0.2) is 5.01 Å². The molecule has 0 aliphatic carbocycles. The van der Waals surface area contributed by atoms with E-state index in [1.54, 1.807) is 0 Å². The molecule has 4 nitrogen and oxygen atoms in total. The summed E-state index contributed by atoms with van der Waals surface area (Å²) in [4.78, 5) is 2.10. The highest BCUT2D eigenvalue weighted by atomic mass is 79.9. The Balaban J connectivity index is 1.57. The van der Waals surface area contributed by atoms with Gasteiger partial charge in [-0.05, 0) is 35.9 Å². The van der Waals surface area contributed by atoms with Gasteiger partial charge in [-0.2, -0.15) is 5.10 Å². The Labute approximate surface area is 179 Å². The molecule has 0 spiro atoms. The number of hydrogen-bond acceptors (Lipinski definition) is 4. The van der Waals surface area contributed by atoms with Crippen LogP contribution in [0.1, 0.15) is 35.4 Å². The van der Waals surface area contributed by atoms with Crippen LogP contribution in [0, 0.1) is 0 Å². The molecule has 0 amide bonds. The topological polar surface area (TPSA) is 28.1 Å². The van der Waals surface area contributed by atoms with Crippen molar-refractivity contribution in [2.45, 2.75) is 18.7 Å². The van der Waals surface area contributed by atoms with Crippen LogP contribution in [0.3, 0.4) is 0 Å². The molecule has 2 atom stereocenters. The van der Waals surface area contributed by atoms with Crippen molar-refractivity contribution in [3.05, 3.63) is 94.0 Å². The maximum atomic E-state index is 6.46. The van der Waals surface area contributed by atoms with Gasteiger partial charge in [-0.1, -0.05) is 58.4 Å². The first-order chi connectivity index (χ1) is 14.1. The second-order valence-corrected chi connectivity index (χ2v) is 8.57. The van der Waals surface area contributed by atoms with Crippen LogP contribution >= 0.6 is 15.9 Å². The number of halogens is 1. The highest BCUT2D eigenvalue weighted by molar-refractivity contribution is 9.10. The second kappa shape index (κ2) is 7.23. The molecule has 0 unspecified atom stereocenters. The van der Waals surface area contributed by atoms with E-state index in [9.17, 15) is 0 Å². The van der Waals surface area contributed by atoms with Crippen molar-refractivity contribution in [1.82, 2.24) is 5.01 Å². The molecule has 29 heavy (non-hydrogen) atoms. The fourth-order valence-corrected chi connectivity index (χ4v) is 4.40. The van der Waals surface area contributed by atoms with Crippen molar-refractivity contribution >= 4 is 27.3 Å². The molecule has 5 rings (SSSR count). The molecule has 2 aliphatic heterocycles. The van der Waals surface area contributed by atoms with Gasteiger partial charge in [0.1, 0.15) is 5.75 Å². The third kappa shape index (κ3) is 3.29. The molecule has 0 saturated heterocycles. The molecule has 146 valence electrons. The summed E-state index contributed by atoms with van der Waals surface area (Å²) in [5.41, 5.74) is 5.71. The third-order valence-electron chi connectivity index (χ3n) is 5.55. The Morgan fingerprint density at radius 3 is 2.48 bits per heavy atom.